The maximum absolute atomic E-state index is 13.7. The van der Waals surface area contributed by atoms with E-state index in [9.17, 15) is 27.9 Å². The van der Waals surface area contributed by atoms with Crippen LogP contribution in [-0.4, -0.2) is 97.9 Å². The first kappa shape index (κ1) is 46.1. The molecule has 7 fully saturated rings. The van der Waals surface area contributed by atoms with Gasteiger partial charge in [0, 0.05) is 42.7 Å². The number of nitrogens with zero attached hydrogens (tertiary/aromatic N) is 1. The number of sulfone groups is 1. The number of carbonyl (C=O) groups is 3. The third kappa shape index (κ3) is 7.36. The second-order valence-electron chi connectivity index (χ2n) is 23.4. The van der Waals surface area contributed by atoms with Gasteiger partial charge in [0.05, 0.1) is 29.9 Å². The van der Waals surface area contributed by atoms with E-state index < -0.39 is 33.2 Å². The number of carboxylic acids is 1. The van der Waals surface area contributed by atoms with E-state index in [1.807, 2.05) is 27.7 Å². The molecule has 60 heavy (non-hydrogen) atoms. The molecule has 0 aromatic carbocycles. The van der Waals surface area contributed by atoms with Gasteiger partial charge in [0.1, 0.15) is 6.10 Å². The summed E-state index contributed by atoms with van der Waals surface area (Å²) >= 11 is 0. The average Bonchev–Trinajstić information content (AvgIpc) is 3.53. The Hall–Kier alpha value is -1.92. The molecule has 14 atom stereocenters. The van der Waals surface area contributed by atoms with Gasteiger partial charge in [-0.15, -0.1) is 0 Å². The number of nitrogens with one attached hydrogen (secondary N) is 2. The van der Waals surface area contributed by atoms with Crippen molar-refractivity contribution in [3.63, 3.8) is 0 Å². The lowest BCUT2D eigenvalue weighted by Gasteiger charge is -2.73. The minimum atomic E-state index is -3.06. The van der Waals surface area contributed by atoms with Crippen molar-refractivity contribution in [2.75, 3.05) is 37.7 Å². The van der Waals surface area contributed by atoms with Gasteiger partial charge in [-0.2, -0.15) is 0 Å². The molecule has 1 heterocycles. The number of rotatable bonds is 11. The lowest BCUT2D eigenvalue weighted by molar-refractivity contribution is -0.249. The zero-order valence-corrected chi connectivity index (χ0v) is 39.8. The zero-order chi connectivity index (χ0) is 44.0. The Kier molecular flexibility index (Phi) is 12.3. The topological polar surface area (TPSA) is 151 Å². The summed E-state index contributed by atoms with van der Waals surface area (Å²) in [5, 5.41) is 17.1. The lowest BCUT2D eigenvalue weighted by Crippen LogP contribution is -2.69. The molecule has 7 aliphatic rings. The van der Waals surface area contributed by atoms with Gasteiger partial charge >= 0.3 is 18.0 Å². The molecule has 0 spiro atoms. The smallest absolute Gasteiger partial charge is 0.407 e. The highest BCUT2D eigenvalue weighted by molar-refractivity contribution is 7.91. The number of fused-ring (bicyclic) bond motifs is 7. The van der Waals surface area contributed by atoms with Crippen LogP contribution in [0.15, 0.2) is 0 Å². The van der Waals surface area contributed by atoms with Crippen molar-refractivity contribution < 1.29 is 37.4 Å². The molecule has 342 valence electrons. The predicted octanol–water partition coefficient (Wildman–Crippen LogP) is 7.96. The van der Waals surface area contributed by atoms with Crippen LogP contribution in [0.5, 0.6) is 0 Å². The zero-order valence-electron chi connectivity index (χ0n) is 39.0. The number of esters is 1. The van der Waals surface area contributed by atoms with Crippen molar-refractivity contribution in [3.8, 4) is 0 Å². The number of ether oxygens (including phenoxy) is 2. The molecule has 6 aliphatic carbocycles. The maximum Gasteiger partial charge on any atom is 0.407 e. The number of hydrogen-bond acceptors (Lipinski definition) is 9. The Morgan fingerprint density at radius 2 is 1.48 bits per heavy atom. The second-order valence-corrected chi connectivity index (χ2v) is 25.7. The molecule has 3 N–H and O–H groups in total. The molecule has 0 unspecified atom stereocenters. The van der Waals surface area contributed by atoms with Crippen molar-refractivity contribution in [2.24, 2.45) is 74.4 Å². The number of alkyl carbamates (subject to hydrolysis) is 1. The van der Waals surface area contributed by atoms with Crippen LogP contribution in [0.25, 0.3) is 0 Å². The van der Waals surface area contributed by atoms with E-state index >= 15 is 0 Å². The van der Waals surface area contributed by atoms with Gasteiger partial charge in [-0.25, -0.2) is 13.2 Å². The van der Waals surface area contributed by atoms with Crippen molar-refractivity contribution in [2.45, 2.75) is 171 Å². The summed E-state index contributed by atoms with van der Waals surface area (Å²) in [6.45, 7) is 27.1. The standard InChI is InChI=1S/C48H81N3O8S/c1-12-58-42(55)50-30(4)35(51-23-25-60(56,57)26-24-51)28-49-48-20-15-31(29(2)3)39(48)32-13-14-37-45(9)18-17-38(59-41(54)34-27-33(40(52)53)43(34,5)6)44(7,8)36(45)16-19-47(37,11)46(32,10)21-22-48/h29-39,49H,12-28H2,1-11H3,(H,50,55)(H,52,53)/t30-,31+,32-,33+,34-,35-,36+,37-,38+,39-,45+,46-,47-,48+/m1/s1. The molecule has 1 saturated heterocycles. The fraction of sp³-hybridized carbons (Fsp3) is 0.938. The number of hydrogen-bond donors (Lipinski definition) is 3. The Morgan fingerprint density at radius 1 is 0.800 bits per heavy atom. The molecule has 0 aromatic rings. The molecule has 12 heteroatoms. The van der Waals surface area contributed by atoms with Crippen LogP contribution < -0.4 is 10.6 Å². The summed E-state index contributed by atoms with van der Waals surface area (Å²) in [6, 6.07) is -0.278. The highest BCUT2D eigenvalue weighted by Crippen LogP contribution is 2.76. The largest absolute Gasteiger partial charge is 0.481 e. The van der Waals surface area contributed by atoms with Crippen LogP contribution in [0.4, 0.5) is 4.79 Å². The van der Waals surface area contributed by atoms with E-state index in [2.05, 4.69) is 64.0 Å². The van der Waals surface area contributed by atoms with E-state index in [-0.39, 0.29) is 68.8 Å². The Morgan fingerprint density at radius 3 is 2.10 bits per heavy atom. The molecule has 7 rings (SSSR count). The minimum Gasteiger partial charge on any atom is -0.481 e. The van der Waals surface area contributed by atoms with E-state index in [1.54, 1.807) is 0 Å². The van der Waals surface area contributed by atoms with Crippen molar-refractivity contribution in [1.29, 1.82) is 0 Å². The summed E-state index contributed by atoms with van der Waals surface area (Å²) in [7, 11) is -3.06. The third-order valence-corrected chi connectivity index (χ3v) is 21.7. The molecule has 0 radical (unpaired) electrons. The number of aliphatic carboxylic acids is 1. The van der Waals surface area contributed by atoms with Gasteiger partial charge in [0.2, 0.25) is 0 Å². The number of amides is 1. The molecule has 6 saturated carbocycles. The van der Waals surface area contributed by atoms with Gasteiger partial charge in [0.25, 0.3) is 0 Å². The summed E-state index contributed by atoms with van der Waals surface area (Å²) in [5.74, 6) is 1.74. The van der Waals surface area contributed by atoms with E-state index in [4.69, 9.17) is 9.47 Å². The van der Waals surface area contributed by atoms with Gasteiger partial charge in [-0.05, 0) is 142 Å². The lowest BCUT2D eigenvalue weighted by atomic mass is 9.32. The highest BCUT2D eigenvalue weighted by atomic mass is 32.2. The van der Waals surface area contributed by atoms with Crippen LogP contribution in [0.1, 0.15) is 147 Å². The van der Waals surface area contributed by atoms with Crippen LogP contribution in [0.2, 0.25) is 0 Å². The molecule has 1 amide bonds. The molecular weight excluding hydrogens is 779 g/mol. The summed E-state index contributed by atoms with van der Waals surface area (Å²) in [6.07, 6.45) is 11.1. The van der Waals surface area contributed by atoms with Crippen molar-refractivity contribution >= 4 is 27.9 Å². The SMILES string of the molecule is CCOC(=O)N[C@H](C)[C@@H](CN[C@]12CC[C@@H](C(C)C)[C@@H]1[C@H]1CC[C@@H]3[C@@]4(C)CC[C@H](OC(=O)[C@H]5C[C@@H](C(=O)O)C5(C)C)C(C)(C)[C@@H]4CC[C@@]3(C)[C@]1(C)CC2)N1CCS(=O)(=O)CC1. The van der Waals surface area contributed by atoms with Crippen LogP contribution in [0.3, 0.4) is 0 Å². The Balaban J connectivity index is 1.11. The summed E-state index contributed by atoms with van der Waals surface area (Å²) < 4.78 is 36.7. The van der Waals surface area contributed by atoms with E-state index in [0.29, 0.717) is 68.2 Å². The maximum atomic E-state index is 13.7. The van der Waals surface area contributed by atoms with E-state index in [1.165, 1.54) is 32.1 Å². The first-order valence-electron chi connectivity index (χ1n) is 23.9. The highest BCUT2D eigenvalue weighted by Gasteiger charge is 2.71. The van der Waals surface area contributed by atoms with Crippen LogP contribution >= 0.6 is 0 Å². The molecule has 1 aliphatic heterocycles. The fourth-order valence-electron chi connectivity index (χ4n) is 16.3. The molecule has 0 bridgehead atoms. The van der Waals surface area contributed by atoms with Gasteiger partial charge in [0.15, 0.2) is 9.84 Å². The first-order chi connectivity index (χ1) is 27.9. The quantitative estimate of drug-likeness (QED) is 0.175. The van der Waals surface area contributed by atoms with Crippen LogP contribution in [0, 0.1) is 74.4 Å². The number of carboxylic acid groups (broad SMARTS) is 1. The first-order valence-corrected chi connectivity index (χ1v) is 25.8. The predicted molar refractivity (Wildman–Crippen MR) is 234 cm³/mol. The molecule has 11 nitrogen and oxygen atoms in total. The second kappa shape index (κ2) is 16.0. The van der Waals surface area contributed by atoms with Crippen LogP contribution in [-0.2, 0) is 28.9 Å². The van der Waals surface area contributed by atoms with E-state index in [0.717, 1.165) is 32.1 Å². The van der Waals surface area contributed by atoms with Gasteiger partial charge < -0.3 is 25.2 Å². The normalized spacial score (nSPS) is 43.8. The number of carbonyl (C=O) groups excluding carboxylic acids is 2. The third-order valence-electron chi connectivity index (χ3n) is 20.1. The summed E-state index contributed by atoms with van der Waals surface area (Å²) in [5.41, 5.74) is -0.293. The Bertz CT molecular complexity index is 1750. The van der Waals surface area contributed by atoms with Gasteiger partial charge in [-0.3, -0.25) is 14.5 Å². The fourth-order valence-corrected chi connectivity index (χ4v) is 17.5. The minimum absolute atomic E-state index is 0.00338. The van der Waals surface area contributed by atoms with Gasteiger partial charge in [-0.1, -0.05) is 62.3 Å². The Labute approximate surface area is 362 Å². The molecule has 0 aromatic heterocycles. The molecular formula is C48H81N3O8S. The monoisotopic (exact) mass is 860 g/mol. The van der Waals surface area contributed by atoms with Crippen molar-refractivity contribution in [1.82, 2.24) is 15.5 Å². The summed E-state index contributed by atoms with van der Waals surface area (Å²) in [4.78, 5) is 40.5. The van der Waals surface area contributed by atoms with Crippen molar-refractivity contribution in [3.05, 3.63) is 0 Å². The average molecular weight is 860 g/mol.